The lowest BCUT2D eigenvalue weighted by Gasteiger charge is -2.14. The minimum absolute atomic E-state index is 0.0903. The molecule has 2 rings (SSSR count). The SMILES string of the molecule is CCCCC(CC)COC(=O)CCSc1ccnc(N)c1C1CC1. The zero-order chi connectivity index (χ0) is 17.4. The van der Waals surface area contributed by atoms with Gasteiger partial charge in [-0.05, 0) is 37.2 Å². The standard InChI is InChI=1S/C19H30N2O2S/c1-3-5-6-14(4-2)13-23-17(22)10-12-24-16-9-11-21-19(20)18(16)15-7-8-15/h9,11,14-15H,3-8,10,12-13H2,1-2H3,(H2,20,21). The van der Waals surface area contributed by atoms with Crippen molar-refractivity contribution in [2.24, 2.45) is 5.92 Å². The van der Waals surface area contributed by atoms with E-state index >= 15 is 0 Å². The molecule has 134 valence electrons. The number of nitrogens with two attached hydrogens (primary N) is 1. The van der Waals surface area contributed by atoms with E-state index in [1.165, 1.54) is 36.1 Å². The fourth-order valence-electron chi connectivity index (χ4n) is 2.80. The Kier molecular flexibility index (Phi) is 7.89. The summed E-state index contributed by atoms with van der Waals surface area (Å²) in [5.74, 6) is 2.35. The van der Waals surface area contributed by atoms with Gasteiger partial charge in [-0.15, -0.1) is 11.8 Å². The Bertz CT molecular complexity index is 532. The molecule has 0 aromatic carbocycles. The van der Waals surface area contributed by atoms with Crippen LogP contribution in [0.4, 0.5) is 5.82 Å². The Morgan fingerprint density at radius 1 is 1.46 bits per heavy atom. The van der Waals surface area contributed by atoms with Crippen molar-refractivity contribution in [3.05, 3.63) is 17.8 Å². The summed E-state index contributed by atoms with van der Waals surface area (Å²) in [5, 5.41) is 0. The fourth-order valence-corrected chi connectivity index (χ4v) is 3.88. The summed E-state index contributed by atoms with van der Waals surface area (Å²) in [7, 11) is 0. The smallest absolute Gasteiger partial charge is 0.306 e. The molecule has 1 aromatic heterocycles. The van der Waals surface area contributed by atoms with E-state index in [1.54, 1.807) is 18.0 Å². The van der Waals surface area contributed by atoms with Gasteiger partial charge in [0, 0.05) is 22.4 Å². The average molecular weight is 351 g/mol. The molecule has 0 saturated heterocycles. The second-order valence-electron chi connectivity index (χ2n) is 6.58. The number of nitrogens with zero attached hydrogens (tertiary/aromatic N) is 1. The third kappa shape index (κ3) is 6.00. The van der Waals surface area contributed by atoms with Gasteiger partial charge in [-0.2, -0.15) is 0 Å². The number of carbonyl (C=O) groups is 1. The van der Waals surface area contributed by atoms with Gasteiger partial charge in [-0.1, -0.05) is 33.1 Å². The highest BCUT2D eigenvalue weighted by atomic mass is 32.2. The van der Waals surface area contributed by atoms with Gasteiger partial charge < -0.3 is 10.5 Å². The van der Waals surface area contributed by atoms with Crippen molar-refractivity contribution in [2.75, 3.05) is 18.1 Å². The molecule has 0 radical (unpaired) electrons. The monoisotopic (exact) mass is 350 g/mol. The maximum absolute atomic E-state index is 12.0. The molecule has 0 bridgehead atoms. The van der Waals surface area contributed by atoms with Crippen LogP contribution in [0.3, 0.4) is 0 Å². The van der Waals surface area contributed by atoms with Crippen LogP contribution < -0.4 is 5.73 Å². The molecule has 5 heteroatoms. The zero-order valence-corrected chi connectivity index (χ0v) is 15.7. The van der Waals surface area contributed by atoms with Gasteiger partial charge in [0.05, 0.1) is 13.0 Å². The maximum atomic E-state index is 12.0. The first-order valence-corrected chi connectivity index (χ1v) is 10.2. The highest BCUT2D eigenvalue weighted by molar-refractivity contribution is 7.99. The van der Waals surface area contributed by atoms with Crippen LogP contribution in [0.25, 0.3) is 0 Å². The third-order valence-electron chi connectivity index (χ3n) is 4.55. The molecule has 1 aliphatic rings. The summed E-state index contributed by atoms with van der Waals surface area (Å²) in [4.78, 5) is 17.3. The van der Waals surface area contributed by atoms with Gasteiger partial charge in [0.2, 0.25) is 0 Å². The van der Waals surface area contributed by atoms with Gasteiger partial charge in [-0.25, -0.2) is 4.98 Å². The lowest BCUT2D eigenvalue weighted by molar-refractivity contribution is -0.144. The van der Waals surface area contributed by atoms with E-state index < -0.39 is 0 Å². The summed E-state index contributed by atoms with van der Waals surface area (Å²) in [6, 6.07) is 2.01. The minimum atomic E-state index is -0.0903. The van der Waals surface area contributed by atoms with Crippen LogP contribution >= 0.6 is 11.8 Å². The van der Waals surface area contributed by atoms with Crippen molar-refractivity contribution < 1.29 is 9.53 Å². The van der Waals surface area contributed by atoms with E-state index in [1.807, 2.05) is 6.07 Å². The van der Waals surface area contributed by atoms with Gasteiger partial charge in [-0.3, -0.25) is 4.79 Å². The number of hydrogen-bond acceptors (Lipinski definition) is 5. The van der Waals surface area contributed by atoms with Crippen LogP contribution in [-0.2, 0) is 9.53 Å². The van der Waals surface area contributed by atoms with Gasteiger partial charge in [0.1, 0.15) is 5.82 Å². The summed E-state index contributed by atoms with van der Waals surface area (Å²) < 4.78 is 5.45. The fraction of sp³-hybridized carbons (Fsp3) is 0.684. The molecule has 1 fully saturated rings. The first-order chi connectivity index (χ1) is 11.7. The average Bonchev–Trinajstić information content (AvgIpc) is 3.40. The molecular weight excluding hydrogens is 320 g/mol. The molecule has 0 amide bonds. The Labute approximate surface area is 149 Å². The quantitative estimate of drug-likeness (QED) is 0.459. The Hall–Kier alpha value is -1.23. The van der Waals surface area contributed by atoms with Crippen LogP contribution in [0.5, 0.6) is 0 Å². The highest BCUT2D eigenvalue weighted by Gasteiger charge is 2.28. The number of thioether (sulfide) groups is 1. The number of carbonyl (C=O) groups excluding carboxylic acids is 1. The molecule has 1 aliphatic carbocycles. The number of hydrogen-bond donors (Lipinski definition) is 1. The van der Waals surface area contributed by atoms with Gasteiger partial charge >= 0.3 is 5.97 Å². The van der Waals surface area contributed by atoms with E-state index in [0.717, 1.165) is 18.6 Å². The zero-order valence-electron chi connectivity index (χ0n) is 14.9. The number of anilines is 1. The number of aromatic nitrogens is 1. The van der Waals surface area contributed by atoms with Crippen molar-refractivity contribution >= 4 is 23.5 Å². The predicted octanol–water partition coefficient (Wildman–Crippen LogP) is 4.78. The van der Waals surface area contributed by atoms with Crippen LogP contribution in [-0.4, -0.2) is 23.3 Å². The molecule has 1 heterocycles. The summed E-state index contributed by atoms with van der Waals surface area (Å²) in [6.07, 6.45) is 9.21. The van der Waals surface area contributed by atoms with E-state index in [9.17, 15) is 4.79 Å². The van der Waals surface area contributed by atoms with E-state index in [-0.39, 0.29) is 5.97 Å². The number of esters is 1. The summed E-state index contributed by atoms with van der Waals surface area (Å²) >= 11 is 1.69. The lowest BCUT2D eigenvalue weighted by atomic mass is 10.0. The summed E-state index contributed by atoms with van der Waals surface area (Å²) in [6.45, 7) is 4.92. The van der Waals surface area contributed by atoms with Crippen molar-refractivity contribution in [3.63, 3.8) is 0 Å². The molecule has 0 aliphatic heterocycles. The number of nitrogen functional groups attached to an aromatic ring is 1. The van der Waals surface area contributed by atoms with E-state index in [0.29, 0.717) is 30.7 Å². The highest BCUT2D eigenvalue weighted by Crippen LogP contribution is 2.46. The molecular formula is C19H30N2O2S. The third-order valence-corrected chi connectivity index (χ3v) is 5.63. The molecule has 2 N–H and O–H groups in total. The molecule has 1 aromatic rings. The maximum Gasteiger partial charge on any atom is 0.306 e. The molecule has 24 heavy (non-hydrogen) atoms. The van der Waals surface area contributed by atoms with Crippen LogP contribution in [0.1, 0.15) is 70.3 Å². The molecule has 1 saturated carbocycles. The number of unbranched alkanes of at least 4 members (excludes halogenated alkanes) is 1. The van der Waals surface area contributed by atoms with Crippen LogP contribution in [0, 0.1) is 5.92 Å². The van der Waals surface area contributed by atoms with Crippen molar-refractivity contribution in [1.82, 2.24) is 4.98 Å². The van der Waals surface area contributed by atoms with Crippen molar-refractivity contribution in [1.29, 1.82) is 0 Å². The van der Waals surface area contributed by atoms with E-state index in [4.69, 9.17) is 10.5 Å². The minimum Gasteiger partial charge on any atom is -0.465 e. The van der Waals surface area contributed by atoms with Crippen molar-refractivity contribution in [3.8, 4) is 0 Å². The first-order valence-electron chi connectivity index (χ1n) is 9.18. The number of ether oxygens (including phenoxy) is 1. The lowest BCUT2D eigenvalue weighted by Crippen LogP contribution is -2.14. The van der Waals surface area contributed by atoms with Gasteiger partial charge in [0.15, 0.2) is 0 Å². The van der Waals surface area contributed by atoms with Gasteiger partial charge in [0.25, 0.3) is 0 Å². The van der Waals surface area contributed by atoms with Crippen LogP contribution in [0.2, 0.25) is 0 Å². The molecule has 1 unspecified atom stereocenters. The molecule has 0 spiro atoms. The second kappa shape index (κ2) is 9.92. The summed E-state index contributed by atoms with van der Waals surface area (Å²) in [5.41, 5.74) is 7.20. The van der Waals surface area contributed by atoms with E-state index in [2.05, 4.69) is 18.8 Å². The Balaban J connectivity index is 1.72. The Morgan fingerprint density at radius 3 is 2.92 bits per heavy atom. The van der Waals surface area contributed by atoms with Crippen molar-refractivity contribution in [2.45, 2.75) is 69.6 Å². The normalized spacial score (nSPS) is 15.2. The molecule has 4 nitrogen and oxygen atoms in total. The largest absolute Gasteiger partial charge is 0.465 e. The van der Waals surface area contributed by atoms with Crippen LogP contribution in [0.15, 0.2) is 17.2 Å². The number of rotatable bonds is 11. The number of pyridine rings is 1. The first kappa shape index (κ1) is 19.1. The second-order valence-corrected chi connectivity index (χ2v) is 7.72. The predicted molar refractivity (Wildman–Crippen MR) is 100 cm³/mol. The Morgan fingerprint density at radius 2 is 2.25 bits per heavy atom. The topological polar surface area (TPSA) is 65.2 Å². The molecule has 1 atom stereocenters.